The predicted molar refractivity (Wildman–Crippen MR) is 119 cm³/mol. The zero-order valence-corrected chi connectivity index (χ0v) is 18.8. The lowest BCUT2D eigenvalue weighted by atomic mass is 9.42. The maximum absolute atomic E-state index is 12.3. The van der Waals surface area contributed by atoms with Crippen LogP contribution in [-0.4, -0.2) is 27.8 Å². The van der Waals surface area contributed by atoms with Gasteiger partial charge in [0.05, 0.1) is 18.1 Å². The molecule has 0 radical (unpaired) electrons. The van der Waals surface area contributed by atoms with Crippen molar-refractivity contribution in [3.05, 3.63) is 24.2 Å². The molecule has 4 saturated carbocycles. The number of nitrogens with one attached hydrogen (secondary N) is 1. The molecule has 172 valence electrons. The van der Waals surface area contributed by atoms with Gasteiger partial charge in [-0.15, -0.1) is 5.10 Å². The summed E-state index contributed by atoms with van der Waals surface area (Å²) < 4.78 is 5.32. The summed E-state index contributed by atoms with van der Waals surface area (Å²) in [6.07, 6.45) is 11.8. The summed E-state index contributed by atoms with van der Waals surface area (Å²) in [4.78, 5) is 0. The molecular weight excluding hydrogens is 392 g/mol. The number of hydrazone groups is 1. The van der Waals surface area contributed by atoms with Crippen LogP contribution >= 0.6 is 0 Å². The highest BCUT2D eigenvalue weighted by molar-refractivity contribution is 5.75. The number of hydrogen-bond donors (Lipinski definition) is 5. The molecule has 4 aliphatic rings. The summed E-state index contributed by atoms with van der Waals surface area (Å²) in [6, 6.07) is 2.18. The Bertz CT molecular complexity index is 855. The van der Waals surface area contributed by atoms with Gasteiger partial charge in [-0.1, -0.05) is 13.8 Å². The third-order valence-corrected chi connectivity index (χ3v) is 10.4. The molecular formula is C24H38N4O3. The first kappa shape index (κ1) is 21.1. The molecule has 5 rings (SSSR count). The van der Waals surface area contributed by atoms with Gasteiger partial charge >= 0.3 is 0 Å². The normalized spacial score (nSPS) is 48.9. The van der Waals surface area contributed by atoms with Crippen LogP contribution < -0.4 is 16.9 Å². The fourth-order valence-corrected chi connectivity index (χ4v) is 8.49. The van der Waals surface area contributed by atoms with Crippen molar-refractivity contribution >= 4 is 5.96 Å². The quantitative estimate of drug-likeness (QED) is 0.285. The van der Waals surface area contributed by atoms with Crippen molar-refractivity contribution < 1.29 is 14.6 Å². The lowest BCUT2D eigenvalue weighted by molar-refractivity contribution is -0.236. The monoisotopic (exact) mass is 430 g/mol. The number of aliphatic hydroxyl groups is 2. The van der Waals surface area contributed by atoms with Gasteiger partial charge in [0.1, 0.15) is 5.60 Å². The summed E-state index contributed by atoms with van der Waals surface area (Å²) in [6.45, 7) is 4.57. The molecule has 4 aliphatic carbocycles. The van der Waals surface area contributed by atoms with Gasteiger partial charge in [-0.3, -0.25) is 0 Å². The molecule has 31 heavy (non-hydrogen) atoms. The molecule has 0 amide bonds. The van der Waals surface area contributed by atoms with Crippen molar-refractivity contribution in [1.82, 2.24) is 5.43 Å². The lowest BCUT2D eigenvalue weighted by Gasteiger charge is -2.64. The maximum atomic E-state index is 12.3. The van der Waals surface area contributed by atoms with Gasteiger partial charge < -0.3 is 31.5 Å². The van der Waals surface area contributed by atoms with E-state index in [0.29, 0.717) is 30.7 Å². The molecule has 0 saturated heterocycles. The average Bonchev–Trinajstić information content (AvgIpc) is 3.34. The van der Waals surface area contributed by atoms with Crippen LogP contribution in [0.3, 0.4) is 0 Å². The van der Waals surface area contributed by atoms with E-state index < -0.39 is 16.6 Å². The van der Waals surface area contributed by atoms with E-state index in [9.17, 15) is 10.2 Å². The van der Waals surface area contributed by atoms with Crippen LogP contribution in [-0.2, 0) is 5.60 Å². The topological polar surface area (TPSA) is 130 Å². The first-order valence-corrected chi connectivity index (χ1v) is 12.0. The van der Waals surface area contributed by atoms with E-state index >= 15 is 0 Å². The van der Waals surface area contributed by atoms with Gasteiger partial charge in [-0.25, -0.2) is 0 Å². The molecule has 1 heterocycles. The van der Waals surface area contributed by atoms with Crippen LogP contribution in [0.15, 0.2) is 28.1 Å². The van der Waals surface area contributed by atoms with Gasteiger partial charge in [0.25, 0.3) is 0 Å². The summed E-state index contributed by atoms with van der Waals surface area (Å²) in [5, 5.41) is 28.1. The number of nitrogens with zero attached hydrogens (tertiary/aromatic N) is 1. The molecule has 1 aromatic heterocycles. The highest BCUT2D eigenvalue weighted by Gasteiger charge is 2.72. The Morgan fingerprint density at radius 3 is 2.58 bits per heavy atom. The van der Waals surface area contributed by atoms with E-state index in [2.05, 4.69) is 24.4 Å². The minimum Gasteiger partial charge on any atom is -0.472 e. The predicted octanol–water partition coefficient (Wildman–Crippen LogP) is 2.77. The van der Waals surface area contributed by atoms with Gasteiger partial charge in [-0.2, -0.15) is 0 Å². The van der Waals surface area contributed by atoms with Crippen molar-refractivity contribution in [2.45, 2.75) is 88.9 Å². The Hall–Kier alpha value is -1.73. The number of hydrogen-bond acceptors (Lipinski definition) is 5. The third-order valence-electron chi connectivity index (χ3n) is 10.4. The summed E-state index contributed by atoms with van der Waals surface area (Å²) in [5.41, 5.74) is 12.8. The van der Waals surface area contributed by atoms with E-state index in [-0.39, 0.29) is 17.3 Å². The Morgan fingerprint density at radius 1 is 1.06 bits per heavy atom. The molecule has 1 aromatic rings. The molecule has 7 N–H and O–H groups in total. The van der Waals surface area contributed by atoms with Crippen LogP contribution in [0.25, 0.3) is 0 Å². The maximum Gasteiger partial charge on any atom is 0.208 e. The van der Waals surface area contributed by atoms with Crippen LogP contribution in [0.5, 0.6) is 0 Å². The van der Waals surface area contributed by atoms with Gasteiger partial charge in [0.15, 0.2) is 0 Å². The Morgan fingerprint density at radius 2 is 1.87 bits per heavy atom. The Labute approximate surface area is 184 Å². The van der Waals surface area contributed by atoms with Gasteiger partial charge in [0.2, 0.25) is 5.96 Å². The first-order chi connectivity index (χ1) is 14.6. The molecule has 0 spiro atoms. The van der Waals surface area contributed by atoms with Gasteiger partial charge in [0, 0.05) is 17.0 Å². The molecule has 0 bridgehead atoms. The number of guanidine groups is 1. The van der Waals surface area contributed by atoms with Crippen molar-refractivity contribution in [2.75, 3.05) is 0 Å². The van der Waals surface area contributed by atoms with E-state index in [1.165, 1.54) is 0 Å². The van der Waals surface area contributed by atoms with E-state index in [4.69, 9.17) is 15.9 Å². The van der Waals surface area contributed by atoms with Crippen LogP contribution in [0.4, 0.5) is 0 Å². The molecule has 0 aromatic carbocycles. The third kappa shape index (κ3) is 2.75. The lowest BCUT2D eigenvalue weighted by Crippen LogP contribution is -2.64. The first-order valence-electron chi connectivity index (χ1n) is 12.0. The highest BCUT2D eigenvalue weighted by Crippen LogP contribution is 2.71. The highest BCUT2D eigenvalue weighted by atomic mass is 16.3. The largest absolute Gasteiger partial charge is 0.472 e. The van der Waals surface area contributed by atoms with Crippen molar-refractivity contribution in [2.24, 2.45) is 45.2 Å². The number of furan rings is 1. The minimum atomic E-state index is -1.03. The second-order valence-electron chi connectivity index (χ2n) is 11.3. The second-order valence-corrected chi connectivity index (χ2v) is 11.3. The van der Waals surface area contributed by atoms with Gasteiger partial charge in [-0.05, 0) is 87.0 Å². The standard InChI is InChI=1S/C24H38N4O3/c1-21-8-5-17(27-28-20(25)26)13-15(21)3-4-19-18(21)6-9-22(2)23(29,10-11-24(19,22)30)16-7-12-31-14-16/h7,12,14-15,17-19,27,29-30H,3-6,8-11,13H2,1-2H3,(H4,25,26,28)/t15-,17+,18?,19?,21+,22-,23+,24+/m1/s1. The average molecular weight is 431 g/mol. The molecule has 4 fully saturated rings. The van der Waals surface area contributed by atoms with E-state index in [0.717, 1.165) is 50.5 Å². The number of rotatable bonds is 3. The molecule has 8 atom stereocenters. The Kier molecular flexibility index (Phi) is 4.69. The summed E-state index contributed by atoms with van der Waals surface area (Å²) in [7, 11) is 0. The zero-order chi connectivity index (χ0) is 22.1. The molecule has 0 aliphatic heterocycles. The van der Waals surface area contributed by atoms with Crippen molar-refractivity contribution in [3.8, 4) is 0 Å². The second kappa shape index (κ2) is 6.88. The summed E-state index contributed by atoms with van der Waals surface area (Å²) in [5.74, 6) is 1.41. The summed E-state index contributed by atoms with van der Waals surface area (Å²) >= 11 is 0. The van der Waals surface area contributed by atoms with Crippen LogP contribution in [0.2, 0.25) is 0 Å². The number of nitrogens with two attached hydrogens (primary N) is 2. The molecule has 7 nitrogen and oxygen atoms in total. The minimum absolute atomic E-state index is 0.0807. The van der Waals surface area contributed by atoms with E-state index in [1.54, 1.807) is 12.5 Å². The molecule has 2 unspecified atom stereocenters. The fraction of sp³-hybridized carbons (Fsp3) is 0.792. The van der Waals surface area contributed by atoms with Crippen molar-refractivity contribution in [1.29, 1.82) is 0 Å². The van der Waals surface area contributed by atoms with Crippen LogP contribution in [0, 0.1) is 28.6 Å². The fourth-order valence-electron chi connectivity index (χ4n) is 8.49. The SMILES string of the molecule is C[C@]12CCC3C(CC[C@@H]4C[C@@H](NN=C(N)N)CC[C@]34C)[C@@]1(O)CC[C@]2(O)c1ccoc1. The molecule has 7 heteroatoms. The zero-order valence-electron chi connectivity index (χ0n) is 18.8. The van der Waals surface area contributed by atoms with E-state index in [1.807, 2.05) is 6.07 Å². The Balaban J connectivity index is 1.41. The van der Waals surface area contributed by atoms with Crippen molar-refractivity contribution in [3.63, 3.8) is 0 Å². The number of fused-ring (bicyclic) bond motifs is 5. The smallest absolute Gasteiger partial charge is 0.208 e. The van der Waals surface area contributed by atoms with Crippen LogP contribution in [0.1, 0.15) is 77.2 Å².